The van der Waals surface area contributed by atoms with E-state index >= 15 is 4.79 Å². The Kier molecular flexibility index (Phi) is 14.5. The molecule has 65 heavy (non-hydrogen) atoms. The Morgan fingerprint density at radius 2 is 1.71 bits per heavy atom. The molecular weight excluding hydrogens is 890 g/mol. The predicted octanol–water partition coefficient (Wildman–Crippen LogP) is 7.07. The summed E-state index contributed by atoms with van der Waals surface area (Å²) in [5.74, 6) is -2.39. The number of sulfone groups is 1. The zero-order chi connectivity index (χ0) is 46.8. The molecule has 2 saturated heterocycles. The third-order valence-corrected chi connectivity index (χ3v) is 15.8. The minimum Gasteiger partial charge on any atom is -0.379 e. The molecule has 4 aromatic rings. The van der Waals surface area contributed by atoms with E-state index < -0.39 is 44.5 Å². The molecule has 346 valence electrons. The number of aryl methyl sites for hydroxylation is 1. The van der Waals surface area contributed by atoms with Crippen molar-refractivity contribution < 1.29 is 32.4 Å². The summed E-state index contributed by atoms with van der Waals surface area (Å²) in [6.07, 6.45) is 4.90. The van der Waals surface area contributed by atoms with Crippen LogP contribution in [-0.2, 0) is 48.6 Å². The molecule has 0 aliphatic carbocycles. The minimum absolute atomic E-state index is 0.102. The van der Waals surface area contributed by atoms with Gasteiger partial charge in [-0.25, -0.2) is 13.4 Å². The number of hydrogen-bond acceptors (Lipinski definition) is 9. The van der Waals surface area contributed by atoms with E-state index in [0.717, 1.165) is 28.1 Å². The Balaban J connectivity index is 1.01. The number of benzene rings is 3. The van der Waals surface area contributed by atoms with Crippen LogP contribution in [0.5, 0.6) is 0 Å². The standard InChI is InChI=1S/C48H57Cl2N7O7S/c1-29(2)41(27-65(63,64)30(3)4)57-44(31-13-15-33(49)16-14-31)37(32-9-6-10-34(50)21-32)22-48(5,47(57)62)23-43(59)51-19-8-20-55-25-35(53-28-55)24-52-39-12-7-11-36-38(39)26-56(46(36)61)40-17-18-42(58)54-45(40)60/h6-7,9-16,21,25,28-30,37,40-41,44,52H,8,17-20,22-24,26-27H2,1-5H3,(H,51,59)(H,54,58,60)/t37-,40?,41-,44-,48-/m1/s1. The maximum atomic E-state index is 15.2. The average molecular weight is 947 g/mol. The number of imide groups is 1. The molecule has 3 aliphatic heterocycles. The fourth-order valence-electron chi connectivity index (χ4n) is 9.40. The van der Waals surface area contributed by atoms with Crippen LogP contribution in [0.4, 0.5) is 5.69 Å². The molecule has 17 heteroatoms. The smallest absolute Gasteiger partial charge is 0.255 e. The van der Waals surface area contributed by atoms with Crippen molar-refractivity contribution in [3.8, 4) is 0 Å². The fraction of sp³-hybridized carbons (Fsp3) is 0.458. The zero-order valence-electron chi connectivity index (χ0n) is 37.4. The Labute approximate surface area is 390 Å². The number of piperidine rings is 2. The number of hydrogen-bond donors (Lipinski definition) is 3. The molecule has 0 spiro atoms. The lowest BCUT2D eigenvalue weighted by Gasteiger charge is -2.53. The van der Waals surface area contributed by atoms with E-state index in [0.29, 0.717) is 48.1 Å². The summed E-state index contributed by atoms with van der Waals surface area (Å²) >= 11 is 12.9. The molecule has 1 unspecified atom stereocenters. The number of imidazole rings is 1. The second-order valence-corrected chi connectivity index (χ2v) is 21.9. The van der Waals surface area contributed by atoms with Crippen molar-refractivity contribution in [3.63, 3.8) is 0 Å². The van der Waals surface area contributed by atoms with Crippen molar-refractivity contribution in [2.45, 2.75) is 116 Å². The van der Waals surface area contributed by atoms with Gasteiger partial charge in [-0.05, 0) is 86.6 Å². The Hall–Kier alpha value is -5.25. The summed E-state index contributed by atoms with van der Waals surface area (Å²) < 4.78 is 29.1. The molecule has 4 heterocycles. The summed E-state index contributed by atoms with van der Waals surface area (Å²) in [4.78, 5) is 74.3. The molecule has 5 atom stereocenters. The number of fused-ring (bicyclic) bond motifs is 1. The Bertz CT molecular complexity index is 2570. The summed E-state index contributed by atoms with van der Waals surface area (Å²) in [7, 11) is -3.60. The first kappa shape index (κ1) is 47.7. The van der Waals surface area contributed by atoms with Gasteiger partial charge in [0.2, 0.25) is 23.6 Å². The number of rotatable bonds is 17. The highest BCUT2D eigenvalue weighted by molar-refractivity contribution is 7.92. The summed E-state index contributed by atoms with van der Waals surface area (Å²) in [5, 5.41) is 9.17. The Morgan fingerprint density at radius 1 is 0.969 bits per heavy atom. The highest BCUT2D eigenvalue weighted by atomic mass is 35.5. The van der Waals surface area contributed by atoms with Gasteiger partial charge in [-0.15, -0.1) is 0 Å². The van der Waals surface area contributed by atoms with Gasteiger partial charge in [0.05, 0.1) is 41.0 Å². The van der Waals surface area contributed by atoms with Crippen molar-refractivity contribution in [1.29, 1.82) is 0 Å². The maximum absolute atomic E-state index is 15.2. The second kappa shape index (κ2) is 19.7. The van der Waals surface area contributed by atoms with Crippen molar-refractivity contribution in [1.82, 2.24) is 30.0 Å². The van der Waals surface area contributed by atoms with Crippen LogP contribution in [0.1, 0.15) is 111 Å². The number of carbonyl (C=O) groups excluding carboxylic acids is 5. The molecule has 0 bridgehead atoms. The van der Waals surface area contributed by atoms with Gasteiger partial charge < -0.3 is 25.0 Å². The quantitative estimate of drug-likeness (QED) is 0.0738. The van der Waals surface area contributed by atoms with Gasteiger partial charge in [0.25, 0.3) is 5.91 Å². The second-order valence-electron chi connectivity index (χ2n) is 18.4. The lowest BCUT2D eigenvalue weighted by molar-refractivity contribution is -0.158. The molecule has 3 N–H and O–H groups in total. The summed E-state index contributed by atoms with van der Waals surface area (Å²) in [5.41, 5.74) is 3.33. The van der Waals surface area contributed by atoms with Crippen LogP contribution in [0.2, 0.25) is 10.0 Å². The monoisotopic (exact) mass is 945 g/mol. The molecule has 7 rings (SSSR count). The maximum Gasteiger partial charge on any atom is 0.255 e. The van der Waals surface area contributed by atoms with E-state index in [1.54, 1.807) is 55.4 Å². The van der Waals surface area contributed by atoms with E-state index in [4.69, 9.17) is 23.2 Å². The van der Waals surface area contributed by atoms with Crippen molar-refractivity contribution in [2.24, 2.45) is 11.3 Å². The van der Waals surface area contributed by atoms with Crippen LogP contribution in [0.3, 0.4) is 0 Å². The minimum atomic E-state index is -3.60. The SMILES string of the molecule is CC(C)[C@@H](CS(=O)(=O)C(C)C)N1C(=O)[C@@](C)(CC(=O)NCCCn2cnc(CNc3cccc4c3CN(C3CCC(=O)NC3=O)C4=O)c2)C[C@H](c2cccc(Cl)c2)[C@H]1c1ccc(Cl)cc1. The third-order valence-electron chi connectivity index (χ3n) is 13.0. The molecule has 3 aliphatic rings. The van der Waals surface area contributed by atoms with Gasteiger partial charge >= 0.3 is 0 Å². The van der Waals surface area contributed by atoms with Gasteiger partial charge in [0.1, 0.15) is 6.04 Å². The van der Waals surface area contributed by atoms with Crippen molar-refractivity contribution in [2.75, 3.05) is 17.6 Å². The fourth-order valence-corrected chi connectivity index (χ4v) is 11.1. The number of nitrogens with zero attached hydrogens (tertiary/aromatic N) is 4. The lowest BCUT2D eigenvalue weighted by Crippen LogP contribution is -2.59. The Morgan fingerprint density at radius 3 is 2.40 bits per heavy atom. The third kappa shape index (κ3) is 10.6. The topological polar surface area (TPSA) is 180 Å². The van der Waals surface area contributed by atoms with E-state index in [-0.39, 0.29) is 67.0 Å². The first-order chi connectivity index (χ1) is 30.8. The van der Waals surface area contributed by atoms with E-state index in [2.05, 4.69) is 20.9 Å². The van der Waals surface area contributed by atoms with Gasteiger partial charge in [-0.3, -0.25) is 29.3 Å². The number of aromatic nitrogens is 2. The van der Waals surface area contributed by atoms with E-state index in [1.165, 1.54) is 4.90 Å². The average Bonchev–Trinajstić information content (AvgIpc) is 3.85. The number of anilines is 1. The number of nitrogens with one attached hydrogen (secondary N) is 3. The molecule has 1 aromatic heterocycles. The van der Waals surface area contributed by atoms with E-state index in [1.807, 2.05) is 67.9 Å². The van der Waals surface area contributed by atoms with Gasteiger partial charge in [0, 0.05) is 77.5 Å². The number of amides is 5. The molecule has 0 radical (unpaired) electrons. The largest absolute Gasteiger partial charge is 0.379 e. The van der Waals surface area contributed by atoms with Gasteiger partial charge in [-0.1, -0.05) is 74.3 Å². The molecule has 14 nitrogen and oxygen atoms in total. The zero-order valence-corrected chi connectivity index (χ0v) is 39.7. The predicted molar refractivity (Wildman–Crippen MR) is 250 cm³/mol. The van der Waals surface area contributed by atoms with Crippen LogP contribution >= 0.6 is 23.2 Å². The normalized spacial score (nSPS) is 21.8. The molecule has 2 fully saturated rings. The van der Waals surface area contributed by atoms with Crippen molar-refractivity contribution in [3.05, 3.63) is 117 Å². The molecular formula is C48H57Cl2N7O7S. The number of halogens is 2. The van der Waals surface area contributed by atoms with Crippen LogP contribution in [0.15, 0.2) is 79.3 Å². The summed E-state index contributed by atoms with van der Waals surface area (Å²) in [6, 6.07) is 18.3. The molecule has 3 aromatic carbocycles. The summed E-state index contributed by atoms with van der Waals surface area (Å²) in [6.45, 7) is 10.5. The first-order valence-electron chi connectivity index (χ1n) is 22.2. The van der Waals surface area contributed by atoms with Crippen LogP contribution in [0, 0.1) is 11.3 Å². The number of carbonyl (C=O) groups is 5. The number of likely N-dealkylation sites (tertiary alicyclic amines) is 1. The molecule has 5 amide bonds. The van der Waals surface area contributed by atoms with E-state index in [9.17, 15) is 27.6 Å². The highest BCUT2D eigenvalue weighted by Crippen LogP contribution is 2.52. The van der Waals surface area contributed by atoms with Crippen molar-refractivity contribution >= 4 is 68.3 Å². The first-order valence-corrected chi connectivity index (χ1v) is 24.7. The lowest BCUT2D eigenvalue weighted by atomic mass is 9.66. The van der Waals surface area contributed by atoms with Crippen LogP contribution < -0.4 is 16.0 Å². The van der Waals surface area contributed by atoms with Gasteiger partial charge in [-0.2, -0.15) is 0 Å². The molecule has 0 saturated carbocycles. The van der Waals surface area contributed by atoms with Crippen LogP contribution in [-0.4, -0.2) is 86.9 Å². The highest BCUT2D eigenvalue weighted by Gasteiger charge is 2.53. The van der Waals surface area contributed by atoms with Crippen LogP contribution in [0.25, 0.3) is 0 Å². The van der Waals surface area contributed by atoms with Gasteiger partial charge in [0.15, 0.2) is 9.84 Å².